The molecule has 0 radical (unpaired) electrons. The molecule has 0 aliphatic rings. The molecule has 104 valence electrons. The minimum absolute atomic E-state index is 0.386. The molecule has 2 aromatic rings. The maximum absolute atomic E-state index is 6.05. The van der Waals surface area contributed by atoms with Crippen LogP contribution in [-0.4, -0.2) is 16.1 Å². The number of aromatic nitrogens is 2. The molecule has 0 bridgehead atoms. The Labute approximate surface area is 119 Å². The Hall–Kier alpha value is -1.06. The summed E-state index contributed by atoms with van der Waals surface area (Å²) in [6.07, 6.45) is 2.01. The molecule has 0 saturated carbocycles. The van der Waals surface area contributed by atoms with Crippen molar-refractivity contribution in [2.75, 3.05) is 6.54 Å². The molecule has 1 atom stereocenters. The van der Waals surface area contributed by atoms with Gasteiger partial charge in [0.1, 0.15) is 5.82 Å². The van der Waals surface area contributed by atoms with Gasteiger partial charge in [0, 0.05) is 17.5 Å². The number of hydrogen-bond donors (Lipinski definition) is 1. The highest BCUT2D eigenvalue weighted by Crippen LogP contribution is 2.25. The van der Waals surface area contributed by atoms with Crippen molar-refractivity contribution >= 4 is 22.6 Å². The number of hydrogen-bond acceptors (Lipinski definition) is 2. The predicted octanol–water partition coefficient (Wildman–Crippen LogP) is 3.80. The van der Waals surface area contributed by atoms with Crippen LogP contribution in [0.15, 0.2) is 18.2 Å². The predicted molar refractivity (Wildman–Crippen MR) is 81.7 cm³/mol. The van der Waals surface area contributed by atoms with Crippen LogP contribution in [0.1, 0.15) is 39.1 Å². The fourth-order valence-corrected chi connectivity index (χ4v) is 2.66. The average molecular weight is 280 g/mol. The first kappa shape index (κ1) is 14.4. The van der Waals surface area contributed by atoms with Crippen LogP contribution in [0, 0.1) is 5.92 Å². The zero-order chi connectivity index (χ0) is 14.0. The quantitative estimate of drug-likeness (QED) is 0.905. The summed E-state index contributed by atoms with van der Waals surface area (Å²) in [6, 6.07) is 6.30. The summed E-state index contributed by atoms with van der Waals surface area (Å²) in [4.78, 5) is 4.75. The molecular formula is C15H22ClN3. The van der Waals surface area contributed by atoms with E-state index in [1.165, 1.54) is 0 Å². The average Bonchev–Trinajstić information content (AvgIpc) is 2.72. The minimum Gasteiger partial charge on any atom is -0.330 e. The van der Waals surface area contributed by atoms with Gasteiger partial charge < -0.3 is 10.3 Å². The molecule has 1 unspecified atom stereocenters. The van der Waals surface area contributed by atoms with Gasteiger partial charge in [0.05, 0.1) is 11.0 Å². The highest BCUT2D eigenvalue weighted by molar-refractivity contribution is 6.31. The highest BCUT2D eigenvalue weighted by atomic mass is 35.5. The van der Waals surface area contributed by atoms with Crippen molar-refractivity contribution in [1.29, 1.82) is 0 Å². The molecule has 0 fully saturated rings. The summed E-state index contributed by atoms with van der Waals surface area (Å²) in [5.74, 6) is 1.61. The molecule has 4 heteroatoms. The van der Waals surface area contributed by atoms with Crippen LogP contribution in [-0.2, 0) is 6.42 Å². The van der Waals surface area contributed by atoms with Crippen LogP contribution < -0.4 is 5.73 Å². The number of imidazole rings is 1. The van der Waals surface area contributed by atoms with Crippen LogP contribution in [0.4, 0.5) is 0 Å². The Morgan fingerprint density at radius 3 is 2.68 bits per heavy atom. The van der Waals surface area contributed by atoms with E-state index in [1.807, 2.05) is 12.1 Å². The van der Waals surface area contributed by atoms with Gasteiger partial charge in [0.15, 0.2) is 0 Å². The van der Waals surface area contributed by atoms with Crippen LogP contribution in [0.3, 0.4) is 0 Å². The maximum Gasteiger partial charge on any atom is 0.110 e. The third-order valence-electron chi connectivity index (χ3n) is 3.62. The summed E-state index contributed by atoms with van der Waals surface area (Å²) < 4.78 is 2.30. The normalized spacial score (nSPS) is 13.4. The van der Waals surface area contributed by atoms with Gasteiger partial charge in [-0.25, -0.2) is 4.98 Å². The lowest BCUT2D eigenvalue weighted by atomic mass is 10.0. The molecular weight excluding hydrogens is 258 g/mol. The number of nitrogens with zero attached hydrogens (tertiary/aromatic N) is 2. The maximum atomic E-state index is 6.05. The van der Waals surface area contributed by atoms with Crippen LogP contribution >= 0.6 is 11.6 Å². The van der Waals surface area contributed by atoms with E-state index >= 15 is 0 Å². The molecule has 0 aliphatic carbocycles. The van der Waals surface area contributed by atoms with Gasteiger partial charge in [-0.2, -0.15) is 0 Å². The fraction of sp³-hybridized carbons (Fsp3) is 0.533. The Morgan fingerprint density at radius 2 is 2.11 bits per heavy atom. The van der Waals surface area contributed by atoms with E-state index in [0.717, 1.165) is 34.7 Å². The van der Waals surface area contributed by atoms with Gasteiger partial charge in [0.25, 0.3) is 0 Å². The Morgan fingerprint density at radius 1 is 1.37 bits per heavy atom. The van der Waals surface area contributed by atoms with E-state index in [9.17, 15) is 0 Å². The van der Waals surface area contributed by atoms with Crippen LogP contribution in [0.2, 0.25) is 5.02 Å². The van der Waals surface area contributed by atoms with Crippen LogP contribution in [0.5, 0.6) is 0 Å². The zero-order valence-corrected chi connectivity index (χ0v) is 12.6. The topological polar surface area (TPSA) is 43.8 Å². The number of fused-ring (bicyclic) bond motifs is 1. The lowest BCUT2D eigenvalue weighted by Gasteiger charge is -2.16. The second kappa shape index (κ2) is 5.93. The van der Waals surface area contributed by atoms with Crippen molar-refractivity contribution in [2.24, 2.45) is 11.7 Å². The van der Waals surface area contributed by atoms with Gasteiger partial charge in [-0.1, -0.05) is 24.9 Å². The van der Waals surface area contributed by atoms with Gasteiger partial charge >= 0.3 is 0 Å². The summed E-state index contributed by atoms with van der Waals surface area (Å²) in [5, 5.41) is 0.735. The fourth-order valence-electron chi connectivity index (χ4n) is 2.49. The molecule has 0 aliphatic heterocycles. The number of rotatable bonds is 5. The molecule has 3 nitrogen and oxygen atoms in total. The molecule has 2 rings (SSSR count). The summed E-state index contributed by atoms with van der Waals surface area (Å²) >= 11 is 6.05. The van der Waals surface area contributed by atoms with Crippen molar-refractivity contribution in [1.82, 2.24) is 9.55 Å². The van der Waals surface area contributed by atoms with E-state index in [0.29, 0.717) is 18.5 Å². The first-order valence-corrected chi connectivity index (χ1v) is 7.31. The third kappa shape index (κ3) is 2.93. The van der Waals surface area contributed by atoms with Crippen molar-refractivity contribution in [2.45, 2.75) is 39.7 Å². The Bertz CT molecular complexity index is 556. The molecule has 0 saturated heterocycles. The summed E-state index contributed by atoms with van der Waals surface area (Å²) in [6.45, 7) is 7.25. The van der Waals surface area contributed by atoms with E-state index in [-0.39, 0.29) is 0 Å². The molecule has 0 spiro atoms. The Balaban J connectivity index is 2.49. The number of nitrogens with two attached hydrogens (primary N) is 1. The lowest BCUT2D eigenvalue weighted by Crippen LogP contribution is -2.19. The van der Waals surface area contributed by atoms with Crippen molar-refractivity contribution in [3.8, 4) is 0 Å². The standard InChI is InChI=1S/C15H22ClN3/c1-4-11(9-17)7-15-18-13-8-12(16)5-6-14(13)19(15)10(2)3/h5-6,8,10-11H,4,7,9,17H2,1-3H3. The summed E-state index contributed by atoms with van der Waals surface area (Å²) in [5.41, 5.74) is 7.95. The number of halogens is 1. The zero-order valence-electron chi connectivity index (χ0n) is 11.9. The molecule has 2 N–H and O–H groups in total. The molecule has 1 aromatic heterocycles. The first-order valence-electron chi connectivity index (χ1n) is 6.93. The van der Waals surface area contributed by atoms with E-state index < -0.39 is 0 Å². The smallest absolute Gasteiger partial charge is 0.110 e. The number of benzene rings is 1. The molecule has 0 amide bonds. The van der Waals surface area contributed by atoms with E-state index in [1.54, 1.807) is 0 Å². The largest absolute Gasteiger partial charge is 0.330 e. The summed E-state index contributed by atoms with van der Waals surface area (Å²) in [7, 11) is 0. The SMILES string of the molecule is CCC(CN)Cc1nc2cc(Cl)ccc2n1C(C)C. The van der Waals surface area contributed by atoms with Gasteiger partial charge in [-0.05, 0) is 44.5 Å². The van der Waals surface area contributed by atoms with Gasteiger partial charge in [0.2, 0.25) is 0 Å². The molecule has 1 heterocycles. The third-order valence-corrected chi connectivity index (χ3v) is 3.86. The first-order chi connectivity index (χ1) is 9.06. The monoisotopic (exact) mass is 279 g/mol. The second-order valence-electron chi connectivity index (χ2n) is 5.34. The van der Waals surface area contributed by atoms with Crippen molar-refractivity contribution in [3.05, 3.63) is 29.0 Å². The van der Waals surface area contributed by atoms with Crippen molar-refractivity contribution < 1.29 is 0 Å². The van der Waals surface area contributed by atoms with E-state index in [4.69, 9.17) is 22.3 Å². The Kier molecular flexibility index (Phi) is 4.48. The van der Waals surface area contributed by atoms with Gasteiger partial charge in [-0.3, -0.25) is 0 Å². The molecule has 19 heavy (non-hydrogen) atoms. The van der Waals surface area contributed by atoms with Crippen LogP contribution in [0.25, 0.3) is 11.0 Å². The van der Waals surface area contributed by atoms with E-state index in [2.05, 4.69) is 31.4 Å². The second-order valence-corrected chi connectivity index (χ2v) is 5.78. The van der Waals surface area contributed by atoms with Gasteiger partial charge in [-0.15, -0.1) is 0 Å². The highest BCUT2D eigenvalue weighted by Gasteiger charge is 2.16. The molecule has 1 aromatic carbocycles. The van der Waals surface area contributed by atoms with Crippen molar-refractivity contribution in [3.63, 3.8) is 0 Å². The minimum atomic E-state index is 0.386. The lowest BCUT2D eigenvalue weighted by molar-refractivity contribution is 0.478.